The van der Waals surface area contributed by atoms with Crippen LogP contribution in [-0.2, 0) is 11.3 Å². The number of imide groups is 1. The Morgan fingerprint density at radius 1 is 1.09 bits per heavy atom. The van der Waals surface area contributed by atoms with Gasteiger partial charge in [-0.3, -0.25) is 14.4 Å². The molecule has 2 amide bonds. The molecule has 2 heterocycles. The summed E-state index contributed by atoms with van der Waals surface area (Å²) < 4.78 is 6.90. The average molecular weight is 455 g/mol. The number of hydrogen-bond acceptors (Lipinski definition) is 5. The molecule has 1 aliphatic heterocycles. The van der Waals surface area contributed by atoms with Crippen molar-refractivity contribution in [2.75, 3.05) is 12.0 Å². The topological polar surface area (TPSA) is 102 Å². The molecular weight excluding hydrogens is 434 g/mol. The van der Waals surface area contributed by atoms with E-state index >= 15 is 0 Å². The number of methoxy groups -OCH3 is 1. The molecule has 34 heavy (non-hydrogen) atoms. The fourth-order valence-electron chi connectivity index (χ4n) is 5.14. The highest BCUT2D eigenvalue weighted by molar-refractivity contribution is 6.34. The summed E-state index contributed by atoms with van der Waals surface area (Å²) in [6.07, 6.45) is 2.61. The number of hydrogen-bond donors (Lipinski definition) is 1. The second-order valence-electron chi connectivity index (χ2n) is 8.89. The Bertz CT molecular complexity index is 1350. The van der Waals surface area contributed by atoms with E-state index in [1.54, 1.807) is 42.1 Å². The molecule has 0 spiro atoms. The van der Waals surface area contributed by atoms with Gasteiger partial charge in [0.05, 0.1) is 36.4 Å². The van der Waals surface area contributed by atoms with E-state index in [4.69, 9.17) is 9.84 Å². The number of fused-ring (bicyclic) bond motifs is 2. The predicted octanol–water partition coefficient (Wildman–Crippen LogP) is 3.47. The molecular formula is C26H21N3O5. The Hall–Kier alpha value is -4.20. The Kier molecular flexibility index (Phi) is 4.45. The van der Waals surface area contributed by atoms with Crippen molar-refractivity contribution in [3.63, 3.8) is 0 Å². The van der Waals surface area contributed by atoms with Gasteiger partial charge in [0.15, 0.2) is 0 Å². The molecule has 0 unspecified atom stereocenters. The van der Waals surface area contributed by atoms with Crippen LogP contribution in [-0.4, -0.2) is 39.8 Å². The number of aromatic nitrogens is 2. The summed E-state index contributed by atoms with van der Waals surface area (Å²) in [5.41, 5.74) is 3.30. The first-order valence-corrected chi connectivity index (χ1v) is 11.1. The average Bonchev–Trinajstić information content (AvgIpc) is 3.11. The quantitative estimate of drug-likeness (QED) is 0.571. The minimum absolute atomic E-state index is 0.0296. The van der Waals surface area contributed by atoms with Gasteiger partial charge in [0.1, 0.15) is 11.6 Å². The van der Waals surface area contributed by atoms with Gasteiger partial charge >= 0.3 is 5.97 Å². The molecule has 1 fully saturated rings. The number of carbonyl (C=O) groups excluding carboxylic acids is 2. The fourth-order valence-corrected chi connectivity index (χ4v) is 5.14. The summed E-state index contributed by atoms with van der Waals surface area (Å²) in [6.45, 7) is 0.352. The second kappa shape index (κ2) is 7.41. The van der Waals surface area contributed by atoms with E-state index in [0.29, 0.717) is 35.6 Å². The lowest BCUT2D eigenvalue weighted by Gasteiger charge is -2.16. The molecule has 3 aliphatic rings. The molecule has 170 valence electrons. The molecule has 2 aliphatic carbocycles. The normalized spacial score (nSPS) is 22.4. The van der Waals surface area contributed by atoms with Crippen LogP contribution in [0.2, 0.25) is 0 Å². The number of allylic oxidation sites excluding steroid dienone is 2. The van der Waals surface area contributed by atoms with Gasteiger partial charge in [-0.15, -0.1) is 0 Å². The summed E-state index contributed by atoms with van der Waals surface area (Å²) in [4.78, 5) is 38.9. The van der Waals surface area contributed by atoms with E-state index in [2.05, 4.69) is 0 Å². The zero-order valence-electron chi connectivity index (χ0n) is 18.3. The molecule has 6 rings (SSSR count). The molecule has 3 atom stereocenters. The first-order chi connectivity index (χ1) is 16.5. The number of ether oxygens (including phenoxy) is 1. The minimum Gasteiger partial charge on any atom is -0.497 e. The molecule has 8 heteroatoms. The van der Waals surface area contributed by atoms with Crippen molar-refractivity contribution in [3.05, 3.63) is 83.1 Å². The number of benzene rings is 2. The van der Waals surface area contributed by atoms with Crippen LogP contribution in [0.3, 0.4) is 0 Å². The lowest BCUT2D eigenvalue weighted by Crippen LogP contribution is -2.31. The Balaban J connectivity index is 1.38. The first kappa shape index (κ1) is 20.4. The minimum atomic E-state index is -0.762. The van der Waals surface area contributed by atoms with Crippen LogP contribution >= 0.6 is 0 Å². The zero-order valence-corrected chi connectivity index (χ0v) is 18.3. The molecule has 2 aromatic carbocycles. The highest BCUT2D eigenvalue weighted by Gasteiger charge is 2.57. The van der Waals surface area contributed by atoms with Crippen LogP contribution in [0, 0.1) is 17.8 Å². The van der Waals surface area contributed by atoms with Gasteiger partial charge in [-0.2, -0.15) is 5.10 Å². The summed E-state index contributed by atoms with van der Waals surface area (Å²) in [6, 6.07) is 16.1. The maximum atomic E-state index is 13.2. The standard InChI is InChI=1S/C26H21N3O5/c1-34-16-8-6-14(7-9-16)13-28-22(29-24(30)17-4-2-3-5-18(17)25(29)31)12-21(27-28)15-10-19-20(11-15)23(19)26(32)33/h2-10,12,19-20,23H,11,13H2,1H3,(H,32,33)/t19-,20+,23+/m1/s1. The lowest BCUT2D eigenvalue weighted by molar-refractivity contribution is -0.139. The van der Waals surface area contributed by atoms with Crippen molar-refractivity contribution in [3.8, 4) is 5.75 Å². The van der Waals surface area contributed by atoms with Crippen molar-refractivity contribution in [2.45, 2.75) is 13.0 Å². The van der Waals surface area contributed by atoms with Crippen molar-refractivity contribution < 1.29 is 24.2 Å². The number of aliphatic carboxylic acids is 1. The zero-order chi connectivity index (χ0) is 23.6. The Morgan fingerprint density at radius 3 is 2.32 bits per heavy atom. The van der Waals surface area contributed by atoms with E-state index in [9.17, 15) is 19.5 Å². The monoisotopic (exact) mass is 455 g/mol. The summed E-state index contributed by atoms with van der Waals surface area (Å²) in [5.74, 6) is -0.580. The number of amides is 2. The summed E-state index contributed by atoms with van der Waals surface area (Å²) in [5, 5.41) is 14.1. The van der Waals surface area contributed by atoms with Crippen molar-refractivity contribution in [1.29, 1.82) is 0 Å². The molecule has 1 aromatic heterocycles. The van der Waals surface area contributed by atoms with Gasteiger partial charge < -0.3 is 9.84 Å². The van der Waals surface area contributed by atoms with Crippen LogP contribution in [0.4, 0.5) is 5.82 Å². The van der Waals surface area contributed by atoms with Gasteiger partial charge in [-0.25, -0.2) is 9.58 Å². The molecule has 8 nitrogen and oxygen atoms in total. The number of carboxylic acid groups (broad SMARTS) is 1. The molecule has 3 aromatic rings. The lowest BCUT2D eigenvalue weighted by atomic mass is 10.1. The van der Waals surface area contributed by atoms with Crippen LogP contribution in [0.15, 0.2) is 60.7 Å². The van der Waals surface area contributed by atoms with Gasteiger partial charge in [-0.05, 0) is 53.7 Å². The van der Waals surface area contributed by atoms with Crippen LogP contribution in [0.1, 0.15) is 38.4 Å². The van der Waals surface area contributed by atoms with Crippen molar-refractivity contribution >= 4 is 29.2 Å². The largest absolute Gasteiger partial charge is 0.497 e. The highest BCUT2D eigenvalue weighted by atomic mass is 16.5. The summed E-state index contributed by atoms with van der Waals surface area (Å²) in [7, 11) is 1.60. The van der Waals surface area contributed by atoms with Crippen LogP contribution in [0.5, 0.6) is 5.75 Å². The predicted molar refractivity (Wildman–Crippen MR) is 123 cm³/mol. The number of carbonyl (C=O) groups is 3. The number of carboxylic acids is 1. The smallest absolute Gasteiger partial charge is 0.307 e. The van der Waals surface area contributed by atoms with Crippen LogP contribution in [0.25, 0.3) is 5.57 Å². The molecule has 0 saturated heterocycles. The molecule has 1 saturated carbocycles. The maximum Gasteiger partial charge on any atom is 0.307 e. The molecule has 1 N–H and O–H groups in total. The third kappa shape index (κ3) is 3.06. The molecule has 0 radical (unpaired) electrons. The van der Waals surface area contributed by atoms with Crippen LogP contribution < -0.4 is 9.64 Å². The van der Waals surface area contributed by atoms with E-state index < -0.39 is 5.97 Å². The highest BCUT2D eigenvalue weighted by Crippen LogP contribution is 2.58. The van der Waals surface area contributed by atoms with Gasteiger partial charge in [0.2, 0.25) is 0 Å². The van der Waals surface area contributed by atoms with Gasteiger partial charge in [-0.1, -0.05) is 30.3 Å². The SMILES string of the molecule is COc1ccc(Cn2nc(C3=C[C@@H]4[C@H](C3)[C@H]4C(=O)O)cc2N2C(=O)c3ccccc3C2=O)cc1. The number of nitrogens with zero attached hydrogens (tertiary/aromatic N) is 3. The number of rotatable bonds is 6. The maximum absolute atomic E-state index is 13.2. The third-order valence-corrected chi connectivity index (χ3v) is 6.97. The van der Waals surface area contributed by atoms with Crippen molar-refractivity contribution in [2.24, 2.45) is 17.8 Å². The Labute approximate surface area is 195 Å². The third-order valence-electron chi connectivity index (χ3n) is 6.97. The van der Waals surface area contributed by atoms with E-state index in [0.717, 1.165) is 16.9 Å². The molecule has 0 bridgehead atoms. The number of anilines is 1. The Morgan fingerprint density at radius 2 is 1.76 bits per heavy atom. The second-order valence-corrected chi connectivity index (χ2v) is 8.89. The van der Waals surface area contributed by atoms with E-state index in [1.807, 2.05) is 30.3 Å². The van der Waals surface area contributed by atoms with E-state index in [-0.39, 0.29) is 29.6 Å². The van der Waals surface area contributed by atoms with E-state index in [1.165, 1.54) is 4.90 Å². The van der Waals surface area contributed by atoms with Gasteiger partial charge in [0, 0.05) is 6.07 Å². The fraction of sp³-hybridized carbons (Fsp3) is 0.231. The summed E-state index contributed by atoms with van der Waals surface area (Å²) >= 11 is 0. The van der Waals surface area contributed by atoms with Gasteiger partial charge in [0.25, 0.3) is 11.8 Å². The first-order valence-electron chi connectivity index (χ1n) is 11.1. The van der Waals surface area contributed by atoms with Crippen molar-refractivity contribution in [1.82, 2.24) is 9.78 Å².